The summed E-state index contributed by atoms with van der Waals surface area (Å²) >= 11 is 0. The van der Waals surface area contributed by atoms with Gasteiger partial charge in [0.25, 0.3) is 0 Å². The Labute approximate surface area is 147 Å². The van der Waals surface area contributed by atoms with Crippen LogP contribution in [0.1, 0.15) is 41.5 Å². The van der Waals surface area contributed by atoms with Crippen LogP contribution in [0.3, 0.4) is 0 Å². The smallest absolute Gasteiger partial charge is 0.191 e. The van der Waals surface area contributed by atoms with Crippen molar-refractivity contribution in [3.8, 4) is 0 Å². The van der Waals surface area contributed by atoms with E-state index in [0.717, 1.165) is 25.6 Å². The number of morpholine rings is 1. The first-order chi connectivity index (χ1) is 9.24. The molecule has 0 saturated carbocycles. The number of ether oxygens (including phenoxy) is 1. The fraction of sp³-hybridized carbons (Fsp3) is 0.933. The normalized spacial score (nSPS) is 24.7. The second kappa shape index (κ2) is 9.15. The van der Waals surface area contributed by atoms with E-state index in [1.165, 1.54) is 0 Å². The summed E-state index contributed by atoms with van der Waals surface area (Å²) in [5.74, 6) is 0.863. The van der Waals surface area contributed by atoms with Gasteiger partial charge >= 0.3 is 0 Å². The van der Waals surface area contributed by atoms with Gasteiger partial charge < -0.3 is 15.4 Å². The van der Waals surface area contributed by atoms with Crippen molar-refractivity contribution in [2.75, 3.05) is 26.7 Å². The molecule has 126 valence electrons. The van der Waals surface area contributed by atoms with Crippen LogP contribution in [0.4, 0.5) is 0 Å². The molecule has 0 bridgehead atoms. The molecule has 2 unspecified atom stereocenters. The Kier molecular flexibility index (Phi) is 9.11. The van der Waals surface area contributed by atoms with E-state index in [1.807, 2.05) is 7.05 Å². The predicted octanol–water partition coefficient (Wildman–Crippen LogP) is 2.07. The van der Waals surface area contributed by atoms with E-state index < -0.39 is 0 Å². The van der Waals surface area contributed by atoms with E-state index in [9.17, 15) is 0 Å². The Bertz CT molecular complexity index is 324. The molecule has 1 heterocycles. The van der Waals surface area contributed by atoms with Gasteiger partial charge in [-0.1, -0.05) is 0 Å². The van der Waals surface area contributed by atoms with Gasteiger partial charge in [-0.3, -0.25) is 9.89 Å². The average molecular weight is 412 g/mol. The average Bonchev–Trinajstić information content (AvgIpc) is 2.32. The summed E-state index contributed by atoms with van der Waals surface area (Å²) in [4.78, 5) is 6.76. The molecule has 0 radical (unpaired) electrons. The lowest BCUT2D eigenvalue weighted by Crippen LogP contribution is -2.59. The molecular weight excluding hydrogens is 379 g/mol. The first kappa shape index (κ1) is 20.9. The van der Waals surface area contributed by atoms with Crippen LogP contribution in [0, 0.1) is 0 Å². The van der Waals surface area contributed by atoms with Crippen LogP contribution in [0.15, 0.2) is 4.99 Å². The number of aliphatic imine (C=N–C) groups is 1. The van der Waals surface area contributed by atoms with Crippen LogP contribution >= 0.6 is 24.0 Å². The Hall–Kier alpha value is -0.0800. The first-order valence-corrected chi connectivity index (χ1v) is 7.62. The van der Waals surface area contributed by atoms with E-state index in [1.54, 1.807) is 0 Å². The third-order valence-corrected chi connectivity index (χ3v) is 3.61. The molecule has 21 heavy (non-hydrogen) atoms. The molecule has 1 aliphatic rings. The number of nitrogens with zero attached hydrogens (tertiary/aromatic N) is 2. The maximum absolute atomic E-state index is 5.81. The summed E-state index contributed by atoms with van der Waals surface area (Å²) < 4.78 is 5.81. The summed E-state index contributed by atoms with van der Waals surface area (Å²) in [6.07, 6.45) is 0.595. The van der Waals surface area contributed by atoms with E-state index in [0.29, 0.717) is 18.2 Å². The quantitative estimate of drug-likeness (QED) is 0.422. The highest BCUT2D eigenvalue weighted by atomic mass is 127. The molecule has 5 nitrogen and oxygen atoms in total. The molecule has 0 aliphatic carbocycles. The van der Waals surface area contributed by atoms with Crippen molar-refractivity contribution >= 4 is 29.9 Å². The van der Waals surface area contributed by atoms with Crippen LogP contribution in [-0.4, -0.2) is 61.3 Å². The molecule has 2 N–H and O–H groups in total. The fourth-order valence-electron chi connectivity index (χ4n) is 2.55. The number of hydrogen-bond donors (Lipinski definition) is 2. The van der Waals surface area contributed by atoms with Crippen molar-refractivity contribution in [1.82, 2.24) is 15.5 Å². The molecule has 0 amide bonds. The SMILES string of the molecule is CN=C(NCC(C)(C)N1CC(C)OC(C)C1)NC(C)C.I. The lowest BCUT2D eigenvalue weighted by Gasteiger charge is -2.45. The van der Waals surface area contributed by atoms with Gasteiger partial charge in [0, 0.05) is 38.3 Å². The van der Waals surface area contributed by atoms with Crippen molar-refractivity contribution in [2.24, 2.45) is 4.99 Å². The highest BCUT2D eigenvalue weighted by Gasteiger charge is 2.33. The third-order valence-electron chi connectivity index (χ3n) is 3.61. The third kappa shape index (κ3) is 7.15. The molecule has 0 aromatic carbocycles. The molecule has 1 saturated heterocycles. The Morgan fingerprint density at radius 3 is 2.24 bits per heavy atom. The summed E-state index contributed by atoms with van der Waals surface area (Å²) in [5.41, 5.74) is 0.0703. The van der Waals surface area contributed by atoms with E-state index in [-0.39, 0.29) is 29.5 Å². The van der Waals surface area contributed by atoms with Crippen molar-refractivity contribution in [1.29, 1.82) is 0 Å². The molecule has 1 aliphatic heterocycles. The minimum atomic E-state index is 0. The molecule has 0 aromatic rings. The topological polar surface area (TPSA) is 48.9 Å². The number of rotatable bonds is 4. The van der Waals surface area contributed by atoms with Gasteiger partial charge in [0.05, 0.1) is 12.2 Å². The molecule has 2 atom stereocenters. The maximum atomic E-state index is 5.81. The monoisotopic (exact) mass is 412 g/mol. The van der Waals surface area contributed by atoms with Gasteiger partial charge in [0.1, 0.15) is 0 Å². The maximum Gasteiger partial charge on any atom is 0.191 e. The van der Waals surface area contributed by atoms with E-state index >= 15 is 0 Å². The second-order valence-corrected chi connectivity index (χ2v) is 6.70. The first-order valence-electron chi connectivity index (χ1n) is 7.62. The molecule has 6 heteroatoms. The van der Waals surface area contributed by atoms with Gasteiger partial charge in [-0.2, -0.15) is 0 Å². The predicted molar refractivity (Wildman–Crippen MR) is 101 cm³/mol. The molecule has 1 fully saturated rings. The van der Waals surface area contributed by atoms with Gasteiger partial charge in [0.2, 0.25) is 0 Å². The molecule has 0 spiro atoms. The number of guanidine groups is 1. The van der Waals surface area contributed by atoms with Crippen molar-refractivity contribution < 1.29 is 4.74 Å². The number of hydrogen-bond acceptors (Lipinski definition) is 3. The Morgan fingerprint density at radius 1 is 1.29 bits per heavy atom. The van der Waals surface area contributed by atoms with Gasteiger partial charge in [-0.05, 0) is 41.5 Å². The highest BCUT2D eigenvalue weighted by Crippen LogP contribution is 2.20. The summed E-state index contributed by atoms with van der Waals surface area (Å²) in [7, 11) is 1.81. The molecular formula is C15H33IN4O. The lowest BCUT2D eigenvalue weighted by atomic mass is 10.00. The summed E-state index contributed by atoms with van der Waals surface area (Å²) in [6.45, 7) is 15.9. The van der Waals surface area contributed by atoms with Crippen molar-refractivity contribution in [3.05, 3.63) is 0 Å². The highest BCUT2D eigenvalue weighted by molar-refractivity contribution is 14.0. The van der Waals surface area contributed by atoms with Gasteiger partial charge in [0.15, 0.2) is 5.96 Å². The van der Waals surface area contributed by atoms with Crippen molar-refractivity contribution in [3.63, 3.8) is 0 Å². The Balaban J connectivity index is 0.00000400. The fourth-order valence-corrected chi connectivity index (χ4v) is 2.55. The van der Waals surface area contributed by atoms with Gasteiger partial charge in [-0.15, -0.1) is 24.0 Å². The zero-order valence-electron chi connectivity index (χ0n) is 14.6. The van der Waals surface area contributed by atoms with Crippen LogP contribution in [-0.2, 0) is 4.74 Å². The zero-order chi connectivity index (χ0) is 15.3. The summed E-state index contributed by atoms with van der Waals surface area (Å²) in [6, 6.07) is 0.382. The minimum absolute atomic E-state index is 0. The number of nitrogens with one attached hydrogen (secondary N) is 2. The second-order valence-electron chi connectivity index (χ2n) is 6.70. The van der Waals surface area contributed by atoms with Crippen LogP contribution in [0.2, 0.25) is 0 Å². The largest absolute Gasteiger partial charge is 0.373 e. The van der Waals surface area contributed by atoms with Crippen molar-refractivity contribution in [2.45, 2.75) is 65.3 Å². The van der Waals surface area contributed by atoms with Crippen LogP contribution in [0.5, 0.6) is 0 Å². The summed E-state index contributed by atoms with van der Waals surface area (Å²) in [5, 5.41) is 6.74. The van der Waals surface area contributed by atoms with Gasteiger partial charge in [-0.25, -0.2) is 0 Å². The van der Waals surface area contributed by atoms with Crippen LogP contribution < -0.4 is 10.6 Å². The zero-order valence-corrected chi connectivity index (χ0v) is 16.9. The molecule has 1 rings (SSSR count). The minimum Gasteiger partial charge on any atom is -0.373 e. The van der Waals surface area contributed by atoms with E-state index in [4.69, 9.17) is 4.74 Å². The molecule has 0 aromatic heterocycles. The van der Waals surface area contributed by atoms with Crippen LogP contribution in [0.25, 0.3) is 0 Å². The Morgan fingerprint density at radius 2 is 1.81 bits per heavy atom. The number of halogens is 1. The lowest BCUT2D eigenvalue weighted by molar-refractivity contribution is -0.0946. The standard InChI is InChI=1S/C15H32N4O.HI/c1-11(2)18-14(16-7)17-10-15(5,6)19-8-12(3)20-13(4)9-19;/h11-13H,8-10H2,1-7H3,(H2,16,17,18);1H. The van der Waals surface area contributed by atoms with E-state index in [2.05, 4.69) is 62.1 Å².